The van der Waals surface area contributed by atoms with Crippen molar-refractivity contribution in [3.05, 3.63) is 60.2 Å². The maximum Gasteiger partial charge on any atom is 0.475 e. The van der Waals surface area contributed by atoms with E-state index in [-0.39, 0.29) is 18.9 Å². The first-order valence-electron chi connectivity index (χ1n) is 9.85. The van der Waals surface area contributed by atoms with E-state index < -0.39 is 31.0 Å². The molecule has 1 aromatic heterocycles. The molecule has 0 spiro atoms. The van der Waals surface area contributed by atoms with Gasteiger partial charge in [-0.15, -0.1) is 0 Å². The molecule has 0 aliphatic heterocycles. The smallest absolute Gasteiger partial charge is 0.426 e. The van der Waals surface area contributed by atoms with Crippen molar-refractivity contribution in [2.24, 2.45) is 5.92 Å². The Bertz CT molecular complexity index is 792. The monoisotopic (exact) mass is 413 g/mol. The number of hydrogen-bond donors (Lipinski definition) is 5. The highest BCUT2D eigenvalue weighted by atomic mass is 16.4. The van der Waals surface area contributed by atoms with Gasteiger partial charge in [0.15, 0.2) is 0 Å². The maximum atomic E-state index is 12.9. The van der Waals surface area contributed by atoms with Crippen LogP contribution in [0.25, 0.3) is 0 Å². The summed E-state index contributed by atoms with van der Waals surface area (Å²) < 4.78 is 0. The molecule has 3 amide bonds. The van der Waals surface area contributed by atoms with Crippen molar-refractivity contribution in [1.29, 1.82) is 0 Å². The average molecular weight is 413 g/mol. The second kappa shape index (κ2) is 11.9. The van der Waals surface area contributed by atoms with E-state index in [0.717, 1.165) is 5.56 Å². The number of hydrogen-bond acceptors (Lipinski definition) is 6. The first-order chi connectivity index (χ1) is 14.3. The summed E-state index contributed by atoms with van der Waals surface area (Å²) in [6, 6.07) is 7.82. The topological polar surface area (TPSA) is 136 Å². The predicted molar refractivity (Wildman–Crippen MR) is 113 cm³/mol. The number of amides is 3. The lowest BCUT2D eigenvalue weighted by molar-refractivity contribution is -0.123. The summed E-state index contributed by atoms with van der Waals surface area (Å²) in [7, 11) is -1.70. The molecule has 0 unspecified atom stereocenters. The maximum absolute atomic E-state index is 12.9. The number of aromatic nitrogens is 2. The molecule has 5 N–H and O–H groups in total. The molecular weight excluding hydrogens is 385 g/mol. The molecule has 10 heteroatoms. The van der Waals surface area contributed by atoms with Gasteiger partial charge in [0.05, 0.1) is 24.4 Å². The van der Waals surface area contributed by atoms with E-state index in [1.54, 1.807) is 0 Å². The van der Waals surface area contributed by atoms with Gasteiger partial charge in [-0.2, -0.15) is 0 Å². The van der Waals surface area contributed by atoms with Crippen molar-refractivity contribution >= 4 is 19.1 Å². The lowest BCUT2D eigenvalue weighted by atomic mass is 9.75. The first-order valence-corrected chi connectivity index (χ1v) is 9.85. The highest BCUT2D eigenvalue weighted by Crippen LogP contribution is 2.08. The molecule has 160 valence electrons. The lowest BCUT2D eigenvalue weighted by Crippen LogP contribution is -2.56. The van der Waals surface area contributed by atoms with Crippen LogP contribution in [0.3, 0.4) is 0 Å². The van der Waals surface area contributed by atoms with Gasteiger partial charge in [-0.25, -0.2) is 4.79 Å². The summed E-state index contributed by atoms with van der Waals surface area (Å²) in [5.74, 6) is -1.18. The Morgan fingerprint density at radius 1 is 1.10 bits per heavy atom. The highest BCUT2D eigenvalue weighted by Gasteiger charge is 2.30. The third-order valence-electron chi connectivity index (χ3n) is 4.36. The van der Waals surface area contributed by atoms with Gasteiger partial charge in [-0.1, -0.05) is 44.2 Å². The molecule has 0 fully saturated rings. The lowest BCUT2D eigenvalue weighted by Gasteiger charge is -2.24. The number of nitrogens with zero attached hydrogens (tertiary/aromatic N) is 2. The van der Waals surface area contributed by atoms with Crippen molar-refractivity contribution in [2.75, 3.05) is 0 Å². The fraction of sp³-hybridized carbons (Fsp3) is 0.400. The fourth-order valence-corrected chi connectivity index (χ4v) is 2.91. The standard InChI is InChI=1S/C20H28BN5O4/c1-14(2)10-18(21(29)30)26-19(27)17(11-15-6-4-3-5-7-15)25-20(28)24-13-16-12-22-8-9-23-16/h3-9,12,14,17-18,29-30H,10-11,13H2,1-2H3,(H,26,27)(H2,24,25,28)/t17-,18-/m0/s1. The highest BCUT2D eigenvalue weighted by molar-refractivity contribution is 6.43. The summed E-state index contributed by atoms with van der Waals surface area (Å²) in [5.41, 5.74) is 1.44. The molecular formula is C20H28BN5O4. The van der Waals surface area contributed by atoms with Crippen LogP contribution in [0.2, 0.25) is 0 Å². The zero-order valence-electron chi connectivity index (χ0n) is 17.2. The first kappa shape index (κ1) is 23.3. The van der Waals surface area contributed by atoms with Crippen LogP contribution < -0.4 is 16.0 Å². The minimum absolute atomic E-state index is 0.146. The third-order valence-corrected chi connectivity index (χ3v) is 4.36. The van der Waals surface area contributed by atoms with Crippen molar-refractivity contribution in [3.63, 3.8) is 0 Å². The molecule has 0 saturated heterocycles. The zero-order valence-corrected chi connectivity index (χ0v) is 17.2. The summed E-state index contributed by atoms with van der Waals surface area (Å²) in [5, 5.41) is 27.2. The molecule has 0 bridgehead atoms. The molecule has 30 heavy (non-hydrogen) atoms. The Kier molecular flexibility index (Phi) is 9.24. The van der Waals surface area contributed by atoms with Crippen LogP contribution >= 0.6 is 0 Å². The SMILES string of the molecule is CC(C)C[C@H](NC(=O)[C@H](Cc1ccccc1)NC(=O)NCc1cnccn1)B(O)O. The van der Waals surface area contributed by atoms with Gasteiger partial charge >= 0.3 is 13.1 Å². The number of nitrogens with one attached hydrogen (secondary N) is 3. The van der Waals surface area contributed by atoms with E-state index >= 15 is 0 Å². The summed E-state index contributed by atoms with van der Waals surface area (Å²) in [6.07, 6.45) is 5.23. The van der Waals surface area contributed by atoms with E-state index in [0.29, 0.717) is 12.1 Å². The van der Waals surface area contributed by atoms with E-state index in [2.05, 4.69) is 25.9 Å². The summed E-state index contributed by atoms with van der Waals surface area (Å²) in [4.78, 5) is 33.2. The Balaban J connectivity index is 2.05. The van der Waals surface area contributed by atoms with Crippen LogP contribution in [0.1, 0.15) is 31.5 Å². The molecule has 2 rings (SSSR count). The van der Waals surface area contributed by atoms with E-state index in [4.69, 9.17) is 0 Å². The molecule has 0 saturated carbocycles. The van der Waals surface area contributed by atoms with Gasteiger partial charge in [-0.3, -0.25) is 14.8 Å². The molecule has 9 nitrogen and oxygen atoms in total. The van der Waals surface area contributed by atoms with Gasteiger partial charge in [0.2, 0.25) is 5.91 Å². The van der Waals surface area contributed by atoms with Crippen LogP contribution in [0.15, 0.2) is 48.9 Å². The molecule has 1 aromatic carbocycles. The second-order valence-corrected chi connectivity index (χ2v) is 7.42. The third kappa shape index (κ3) is 8.18. The second-order valence-electron chi connectivity index (χ2n) is 7.42. The number of urea groups is 1. The zero-order chi connectivity index (χ0) is 21.9. The molecule has 0 radical (unpaired) electrons. The minimum atomic E-state index is -1.70. The van der Waals surface area contributed by atoms with Crippen molar-refractivity contribution < 1.29 is 19.6 Å². The van der Waals surface area contributed by atoms with Crippen LogP contribution in [0.4, 0.5) is 4.79 Å². The van der Waals surface area contributed by atoms with E-state index in [1.165, 1.54) is 18.6 Å². The number of carbonyl (C=O) groups is 2. The van der Waals surface area contributed by atoms with Crippen LogP contribution in [-0.4, -0.2) is 51.1 Å². The van der Waals surface area contributed by atoms with Crippen molar-refractivity contribution in [3.8, 4) is 0 Å². The average Bonchev–Trinajstić information content (AvgIpc) is 2.72. The Hall–Kier alpha value is -2.98. The van der Waals surface area contributed by atoms with Gasteiger partial charge < -0.3 is 26.0 Å². The quantitative estimate of drug-likeness (QED) is 0.359. The van der Waals surface area contributed by atoms with Crippen molar-refractivity contribution in [1.82, 2.24) is 25.9 Å². The number of rotatable bonds is 10. The Labute approximate surface area is 176 Å². The summed E-state index contributed by atoms with van der Waals surface area (Å²) in [6.45, 7) is 3.99. The molecule has 2 aromatic rings. The van der Waals surface area contributed by atoms with Crippen molar-refractivity contribution in [2.45, 2.75) is 45.2 Å². The van der Waals surface area contributed by atoms with Crippen LogP contribution in [0.5, 0.6) is 0 Å². The molecule has 2 atom stereocenters. The fourth-order valence-electron chi connectivity index (χ4n) is 2.91. The molecule has 0 aliphatic rings. The van der Waals surface area contributed by atoms with Gasteiger partial charge in [0.1, 0.15) is 6.04 Å². The van der Waals surface area contributed by atoms with Crippen LogP contribution in [-0.2, 0) is 17.8 Å². The number of benzene rings is 1. The van der Waals surface area contributed by atoms with E-state index in [1.807, 2.05) is 44.2 Å². The van der Waals surface area contributed by atoms with Gasteiger partial charge in [0, 0.05) is 18.8 Å². The summed E-state index contributed by atoms with van der Waals surface area (Å²) >= 11 is 0. The largest absolute Gasteiger partial charge is 0.475 e. The minimum Gasteiger partial charge on any atom is -0.426 e. The number of carbonyl (C=O) groups excluding carboxylic acids is 2. The molecule has 1 heterocycles. The molecule has 0 aliphatic carbocycles. The van der Waals surface area contributed by atoms with Gasteiger partial charge in [-0.05, 0) is 17.9 Å². The Morgan fingerprint density at radius 3 is 2.43 bits per heavy atom. The normalized spacial score (nSPS) is 12.7. The van der Waals surface area contributed by atoms with E-state index in [9.17, 15) is 19.6 Å². The van der Waals surface area contributed by atoms with Crippen LogP contribution in [0, 0.1) is 5.92 Å². The Morgan fingerprint density at radius 2 is 1.83 bits per heavy atom. The van der Waals surface area contributed by atoms with Gasteiger partial charge in [0.25, 0.3) is 0 Å². The predicted octanol–water partition coefficient (Wildman–Crippen LogP) is 0.430.